The van der Waals surface area contributed by atoms with E-state index in [9.17, 15) is 4.79 Å². The second-order valence-corrected chi connectivity index (χ2v) is 5.63. The molecule has 23 heavy (non-hydrogen) atoms. The first-order chi connectivity index (χ1) is 10.5. The molecule has 0 saturated heterocycles. The maximum absolute atomic E-state index is 12.2. The summed E-state index contributed by atoms with van der Waals surface area (Å²) in [6.07, 6.45) is 0. The number of hydrogen-bond acceptors (Lipinski definition) is 3. The van der Waals surface area contributed by atoms with Crippen LogP contribution in [0.2, 0.25) is 0 Å². The van der Waals surface area contributed by atoms with Gasteiger partial charge in [0.05, 0.1) is 5.69 Å². The minimum Gasteiger partial charge on any atom is -0.326 e. The van der Waals surface area contributed by atoms with Gasteiger partial charge in [-0.3, -0.25) is 4.79 Å². The summed E-state index contributed by atoms with van der Waals surface area (Å²) in [6, 6.07) is 14.0. The molecule has 1 N–H and O–H groups in total. The lowest BCUT2D eigenvalue weighted by atomic mass is 10.1. The van der Waals surface area contributed by atoms with E-state index in [2.05, 4.69) is 36.3 Å². The number of nitrogens with zero attached hydrogens (tertiary/aromatic N) is 2. The molecule has 0 atom stereocenters. The van der Waals surface area contributed by atoms with Crippen molar-refractivity contribution in [2.24, 2.45) is 4.99 Å². The summed E-state index contributed by atoms with van der Waals surface area (Å²) >= 11 is 0. The van der Waals surface area contributed by atoms with E-state index in [1.165, 1.54) is 11.1 Å². The number of aryl methyl sites for hydroxylation is 3. The minimum atomic E-state index is -0.0167. The Balaban J connectivity index is 0.00000192. The highest BCUT2D eigenvalue weighted by Gasteiger charge is 2.27. The van der Waals surface area contributed by atoms with Crippen LogP contribution in [0.4, 0.5) is 11.4 Å². The Hall–Kier alpha value is -2.33. The van der Waals surface area contributed by atoms with Gasteiger partial charge in [-0.25, -0.2) is 9.89 Å². The maximum Gasteiger partial charge on any atom is 0.255 e. The van der Waals surface area contributed by atoms with Gasteiger partial charge < -0.3 is 5.32 Å². The van der Waals surface area contributed by atoms with E-state index < -0.39 is 0 Å². The lowest BCUT2D eigenvalue weighted by Crippen LogP contribution is -2.36. The molecule has 1 aliphatic rings. The van der Waals surface area contributed by atoms with Gasteiger partial charge in [-0.2, -0.15) is 0 Å². The van der Waals surface area contributed by atoms with Crippen molar-refractivity contribution < 1.29 is 4.79 Å². The number of amides is 1. The van der Waals surface area contributed by atoms with E-state index in [-0.39, 0.29) is 24.9 Å². The molecule has 0 saturated carbocycles. The Bertz CT molecular complexity index is 771. The number of hydrogen-bond donors (Lipinski definition) is 1. The molecule has 0 bridgehead atoms. The molecule has 0 aliphatic carbocycles. The Morgan fingerprint density at radius 2 is 1.83 bits per heavy atom. The predicted molar refractivity (Wildman–Crippen MR) is 97.8 cm³/mol. The van der Waals surface area contributed by atoms with Crippen LogP contribution in [0.25, 0.3) is 0 Å². The van der Waals surface area contributed by atoms with Crippen molar-refractivity contribution in [1.29, 1.82) is 0 Å². The molecular weight excluding hydrogens is 310 g/mol. The van der Waals surface area contributed by atoms with Gasteiger partial charge in [0, 0.05) is 5.69 Å². The third kappa shape index (κ3) is 3.54. The summed E-state index contributed by atoms with van der Waals surface area (Å²) in [5.41, 5.74) is 5.34. The number of benzene rings is 2. The van der Waals surface area contributed by atoms with Gasteiger partial charge >= 0.3 is 0 Å². The second-order valence-electron chi connectivity index (χ2n) is 5.63. The van der Waals surface area contributed by atoms with E-state index in [1.54, 1.807) is 4.90 Å². The average Bonchev–Trinajstić information content (AvgIpc) is 2.84. The summed E-state index contributed by atoms with van der Waals surface area (Å²) in [6.45, 7) is 6.34. The van der Waals surface area contributed by atoms with Gasteiger partial charge in [0.15, 0.2) is 0 Å². The molecule has 2 aromatic rings. The van der Waals surface area contributed by atoms with Crippen LogP contribution in [0.1, 0.15) is 16.7 Å². The van der Waals surface area contributed by atoms with Crippen molar-refractivity contribution in [3.05, 3.63) is 59.2 Å². The first-order valence-electron chi connectivity index (χ1n) is 7.33. The maximum atomic E-state index is 12.2. The van der Waals surface area contributed by atoms with E-state index in [1.807, 2.05) is 37.3 Å². The zero-order chi connectivity index (χ0) is 15.7. The van der Waals surface area contributed by atoms with Gasteiger partial charge in [0.1, 0.15) is 6.54 Å². The lowest BCUT2D eigenvalue weighted by Gasteiger charge is -2.20. The van der Waals surface area contributed by atoms with Gasteiger partial charge in [-0.15, -0.1) is 12.4 Å². The highest BCUT2D eigenvalue weighted by Crippen LogP contribution is 2.22. The molecule has 4 nitrogen and oxygen atoms in total. The summed E-state index contributed by atoms with van der Waals surface area (Å²) in [7, 11) is 0. The third-order valence-corrected chi connectivity index (χ3v) is 3.85. The number of aliphatic imine (C=N–C) groups is 1. The monoisotopic (exact) mass is 329 g/mol. The summed E-state index contributed by atoms with van der Waals surface area (Å²) < 4.78 is 0. The van der Waals surface area contributed by atoms with E-state index >= 15 is 0 Å². The van der Waals surface area contributed by atoms with Gasteiger partial charge in [0.25, 0.3) is 5.91 Å². The van der Waals surface area contributed by atoms with Gasteiger partial charge in [-0.05, 0) is 61.7 Å². The van der Waals surface area contributed by atoms with Gasteiger partial charge in [0.2, 0.25) is 5.96 Å². The number of carbonyl (C=O) groups excluding carboxylic acids is 1. The molecule has 1 amide bonds. The normalized spacial score (nSPS) is 13.6. The van der Waals surface area contributed by atoms with E-state index in [0.29, 0.717) is 5.96 Å². The molecule has 3 rings (SSSR count). The first-order valence-corrected chi connectivity index (χ1v) is 7.33. The number of guanidine groups is 1. The zero-order valence-electron chi connectivity index (χ0n) is 13.5. The van der Waals surface area contributed by atoms with Crippen LogP contribution < -0.4 is 10.2 Å². The van der Waals surface area contributed by atoms with Gasteiger partial charge in [-0.1, -0.05) is 18.2 Å². The third-order valence-electron chi connectivity index (χ3n) is 3.85. The number of halogens is 1. The van der Waals surface area contributed by atoms with E-state index in [4.69, 9.17) is 0 Å². The molecule has 0 unspecified atom stereocenters. The van der Waals surface area contributed by atoms with Crippen LogP contribution in [0.15, 0.2) is 47.5 Å². The summed E-state index contributed by atoms with van der Waals surface area (Å²) in [5, 5.41) is 3.26. The van der Waals surface area contributed by atoms with Crippen LogP contribution in [0.5, 0.6) is 0 Å². The second kappa shape index (κ2) is 6.84. The molecule has 2 aromatic carbocycles. The molecule has 0 aromatic heterocycles. The average molecular weight is 330 g/mol. The molecule has 120 valence electrons. The Morgan fingerprint density at radius 1 is 1.04 bits per heavy atom. The fraction of sp³-hybridized carbons (Fsp3) is 0.222. The van der Waals surface area contributed by atoms with Crippen LogP contribution >= 0.6 is 12.4 Å². The van der Waals surface area contributed by atoms with Crippen LogP contribution in [0.3, 0.4) is 0 Å². The molecule has 0 radical (unpaired) electrons. The fourth-order valence-electron chi connectivity index (χ4n) is 2.48. The quantitative estimate of drug-likeness (QED) is 0.909. The number of rotatable bonds is 2. The Labute approximate surface area is 142 Å². The van der Waals surface area contributed by atoms with Crippen LogP contribution in [-0.2, 0) is 4.79 Å². The highest BCUT2D eigenvalue weighted by molar-refractivity contribution is 6.24. The predicted octanol–water partition coefficient (Wildman–Crippen LogP) is 3.85. The summed E-state index contributed by atoms with van der Waals surface area (Å²) in [4.78, 5) is 18.2. The topological polar surface area (TPSA) is 44.7 Å². The molecule has 0 spiro atoms. The number of anilines is 2. The van der Waals surface area contributed by atoms with Crippen molar-refractivity contribution in [3.8, 4) is 0 Å². The SMILES string of the molecule is Cc1cccc(N2C(=O)CN=C2Nc2ccc(C)c(C)c2)c1.Cl. The van der Waals surface area contributed by atoms with E-state index in [0.717, 1.165) is 16.9 Å². The Morgan fingerprint density at radius 3 is 2.52 bits per heavy atom. The molecule has 1 heterocycles. The Kier molecular flexibility index (Phi) is 5.06. The smallest absolute Gasteiger partial charge is 0.255 e. The minimum absolute atomic E-state index is 0. The number of carbonyl (C=O) groups is 1. The van der Waals surface area contributed by atoms with Crippen molar-refractivity contribution in [1.82, 2.24) is 0 Å². The van der Waals surface area contributed by atoms with Crippen molar-refractivity contribution in [2.75, 3.05) is 16.8 Å². The van der Waals surface area contributed by atoms with Crippen molar-refractivity contribution in [2.45, 2.75) is 20.8 Å². The van der Waals surface area contributed by atoms with Crippen LogP contribution in [0, 0.1) is 20.8 Å². The molecule has 0 fully saturated rings. The van der Waals surface area contributed by atoms with Crippen molar-refractivity contribution >= 4 is 35.6 Å². The zero-order valence-corrected chi connectivity index (χ0v) is 14.3. The lowest BCUT2D eigenvalue weighted by molar-refractivity contribution is -0.115. The first kappa shape index (κ1) is 17.0. The molecular formula is C18H20ClN3O. The van der Waals surface area contributed by atoms with Crippen molar-refractivity contribution in [3.63, 3.8) is 0 Å². The largest absolute Gasteiger partial charge is 0.326 e. The molecule has 1 aliphatic heterocycles. The fourth-order valence-corrected chi connectivity index (χ4v) is 2.48. The standard InChI is InChI=1S/C18H19N3O.ClH/c1-12-5-4-6-16(9-12)21-17(22)11-19-18(21)20-15-8-7-13(2)14(3)10-15;/h4-10H,11H2,1-3H3,(H,19,20);1H. The highest BCUT2D eigenvalue weighted by atomic mass is 35.5. The summed E-state index contributed by atoms with van der Waals surface area (Å²) in [5.74, 6) is 0.566. The van der Waals surface area contributed by atoms with Crippen LogP contribution in [-0.4, -0.2) is 18.4 Å². The molecule has 5 heteroatoms. The number of nitrogens with one attached hydrogen (secondary N) is 1.